The van der Waals surface area contributed by atoms with Crippen LogP contribution in [-0.4, -0.2) is 62.0 Å². The van der Waals surface area contributed by atoms with Crippen molar-refractivity contribution in [2.45, 2.75) is 103 Å². The molecule has 4 fully saturated rings. The van der Waals surface area contributed by atoms with Crippen molar-refractivity contribution in [3.63, 3.8) is 0 Å². The van der Waals surface area contributed by atoms with Crippen LogP contribution < -0.4 is 4.90 Å². The van der Waals surface area contributed by atoms with Crippen molar-refractivity contribution in [1.82, 2.24) is 9.80 Å². The predicted molar refractivity (Wildman–Crippen MR) is 146 cm³/mol. The van der Waals surface area contributed by atoms with Crippen LogP contribution in [0.1, 0.15) is 107 Å². The van der Waals surface area contributed by atoms with Crippen molar-refractivity contribution >= 4 is 11.6 Å². The van der Waals surface area contributed by atoms with Crippen LogP contribution >= 0.6 is 0 Å². The van der Waals surface area contributed by atoms with E-state index in [-0.39, 0.29) is 5.91 Å². The highest BCUT2D eigenvalue weighted by Gasteiger charge is 2.25. The summed E-state index contributed by atoms with van der Waals surface area (Å²) in [5.74, 6) is 0.907. The molecule has 4 heteroatoms. The molecule has 0 atom stereocenters. The first-order valence-corrected chi connectivity index (χ1v) is 14.4. The second kappa shape index (κ2) is 14.8. The van der Waals surface area contributed by atoms with Gasteiger partial charge in [-0.15, -0.1) is 0 Å². The van der Waals surface area contributed by atoms with Gasteiger partial charge in [-0.2, -0.15) is 0 Å². The fraction of sp³-hybridized carbons (Fsp3) is 0.767. The minimum Gasteiger partial charge on any atom is -0.372 e. The topological polar surface area (TPSA) is 26.8 Å². The molecule has 0 unspecified atom stereocenters. The van der Waals surface area contributed by atoms with E-state index in [1.54, 1.807) is 19.0 Å². The first-order valence-electron chi connectivity index (χ1n) is 14.4. The number of anilines is 1. The Kier molecular flexibility index (Phi) is 11.7. The van der Waals surface area contributed by atoms with E-state index in [1.165, 1.54) is 109 Å². The molecule has 4 nitrogen and oxygen atoms in total. The summed E-state index contributed by atoms with van der Waals surface area (Å²) in [6, 6.07) is 8.98. The molecule has 0 N–H and O–H groups in total. The Morgan fingerprint density at radius 2 is 1.21 bits per heavy atom. The Morgan fingerprint density at radius 3 is 1.65 bits per heavy atom. The summed E-state index contributed by atoms with van der Waals surface area (Å²) in [5.41, 5.74) is 1.99. The molecule has 0 spiro atoms. The summed E-state index contributed by atoms with van der Waals surface area (Å²) in [6.45, 7) is 7.36. The Labute approximate surface area is 210 Å². The van der Waals surface area contributed by atoms with Gasteiger partial charge in [0.05, 0.1) is 0 Å². The van der Waals surface area contributed by atoms with Gasteiger partial charge in [-0.25, -0.2) is 0 Å². The van der Waals surface area contributed by atoms with E-state index in [0.717, 1.165) is 30.6 Å². The molecule has 4 aliphatic rings. The van der Waals surface area contributed by atoms with E-state index >= 15 is 0 Å². The van der Waals surface area contributed by atoms with Crippen molar-refractivity contribution in [2.24, 2.45) is 5.92 Å². The summed E-state index contributed by atoms with van der Waals surface area (Å²) < 4.78 is 0. The van der Waals surface area contributed by atoms with Crippen LogP contribution in [0.3, 0.4) is 0 Å². The van der Waals surface area contributed by atoms with Gasteiger partial charge in [0.15, 0.2) is 0 Å². The Morgan fingerprint density at radius 1 is 0.706 bits per heavy atom. The molecule has 0 radical (unpaired) electrons. The van der Waals surface area contributed by atoms with Gasteiger partial charge in [-0.1, -0.05) is 58.3 Å². The average Bonchev–Trinajstić information content (AvgIpc) is 2.86. The van der Waals surface area contributed by atoms with E-state index in [4.69, 9.17) is 0 Å². The highest BCUT2D eigenvalue weighted by molar-refractivity contribution is 5.94. The van der Waals surface area contributed by atoms with Crippen LogP contribution in [0.2, 0.25) is 0 Å². The molecule has 1 amide bonds. The fourth-order valence-corrected chi connectivity index (χ4v) is 5.44. The van der Waals surface area contributed by atoms with Crippen molar-refractivity contribution in [1.29, 1.82) is 0 Å². The second-order valence-electron chi connectivity index (χ2n) is 11.2. The Hall–Kier alpha value is -1.55. The summed E-state index contributed by atoms with van der Waals surface area (Å²) in [4.78, 5) is 18.5. The van der Waals surface area contributed by atoms with Crippen LogP contribution in [0.4, 0.5) is 5.69 Å². The number of hydrogen-bond donors (Lipinski definition) is 0. The molecule has 2 heterocycles. The highest BCUT2D eigenvalue weighted by atomic mass is 16.2. The maximum atomic E-state index is 11.8. The summed E-state index contributed by atoms with van der Waals surface area (Å²) in [7, 11) is 3.56. The lowest BCUT2D eigenvalue weighted by molar-refractivity contribution is 0.0827. The molecular weight excluding hydrogens is 418 g/mol. The highest BCUT2D eigenvalue weighted by Crippen LogP contribution is 2.27. The lowest BCUT2D eigenvalue weighted by atomic mass is 9.90. The van der Waals surface area contributed by atoms with Crippen LogP contribution in [0.25, 0.3) is 0 Å². The molecule has 0 aromatic heterocycles. The van der Waals surface area contributed by atoms with E-state index in [0.29, 0.717) is 0 Å². The van der Waals surface area contributed by atoms with Gasteiger partial charge in [0.2, 0.25) is 0 Å². The number of hydrogen-bond acceptors (Lipinski definition) is 3. The lowest BCUT2D eigenvalue weighted by Crippen LogP contribution is -2.42. The van der Waals surface area contributed by atoms with E-state index in [2.05, 4.69) is 28.9 Å². The van der Waals surface area contributed by atoms with Crippen LogP contribution in [0.5, 0.6) is 0 Å². The molecule has 1 aromatic carbocycles. The smallest absolute Gasteiger partial charge is 0.253 e. The molecular formula is C30H51N3O. The quantitative estimate of drug-likeness (QED) is 0.477. The Bertz CT molecular complexity index is 668. The molecule has 192 valence electrons. The molecule has 0 bridgehead atoms. The summed E-state index contributed by atoms with van der Waals surface area (Å²) in [5, 5.41) is 0. The number of piperidine rings is 2. The van der Waals surface area contributed by atoms with Gasteiger partial charge >= 0.3 is 0 Å². The molecule has 1 aromatic rings. The third kappa shape index (κ3) is 8.91. The minimum absolute atomic E-state index is 0.0637. The monoisotopic (exact) mass is 469 g/mol. The third-order valence-corrected chi connectivity index (χ3v) is 8.15. The van der Waals surface area contributed by atoms with E-state index in [1.807, 2.05) is 12.1 Å². The van der Waals surface area contributed by atoms with Crippen molar-refractivity contribution in [3.05, 3.63) is 29.8 Å². The maximum Gasteiger partial charge on any atom is 0.253 e. The maximum absolute atomic E-state index is 11.8. The van der Waals surface area contributed by atoms with Gasteiger partial charge in [0.1, 0.15) is 0 Å². The van der Waals surface area contributed by atoms with Gasteiger partial charge in [-0.3, -0.25) is 4.79 Å². The first-order chi connectivity index (χ1) is 16.5. The van der Waals surface area contributed by atoms with E-state index < -0.39 is 0 Å². The van der Waals surface area contributed by atoms with Crippen LogP contribution in [0, 0.1) is 5.92 Å². The second-order valence-corrected chi connectivity index (χ2v) is 11.2. The molecule has 2 aliphatic carbocycles. The molecule has 2 saturated heterocycles. The SMILES string of the molecule is C1CCCCC1.C1CCN(C2CCC2)CC1.CC1CCN(c2ccc(C(=O)N(C)C)cc2)CC1. The van der Waals surface area contributed by atoms with Crippen LogP contribution in [0.15, 0.2) is 24.3 Å². The lowest BCUT2D eigenvalue weighted by Gasteiger charge is -2.39. The zero-order valence-electron chi connectivity index (χ0n) is 22.4. The number of amides is 1. The zero-order valence-corrected chi connectivity index (χ0v) is 22.4. The first kappa shape index (κ1) is 27.0. The molecule has 2 aliphatic heterocycles. The van der Waals surface area contributed by atoms with Gasteiger partial charge in [0, 0.05) is 44.5 Å². The van der Waals surface area contributed by atoms with Gasteiger partial charge < -0.3 is 14.7 Å². The van der Waals surface area contributed by atoms with E-state index in [9.17, 15) is 4.79 Å². The van der Waals surface area contributed by atoms with Crippen molar-refractivity contribution in [2.75, 3.05) is 45.2 Å². The Balaban J connectivity index is 0.000000167. The predicted octanol–water partition coefficient (Wildman–Crippen LogP) is 6.99. The summed E-state index contributed by atoms with van der Waals surface area (Å²) >= 11 is 0. The number of carbonyl (C=O) groups is 1. The number of rotatable bonds is 3. The normalized spacial score (nSPS) is 21.9. The number of likely N-dealkylation sites (tertiary alicyclic amines) is 1. The molecule has 2 saturated carbocycles. The van der Waals surface area contributed by atoms with Gasteiger partial charge in [-0.05, 0) is 81.8 Å². The number of carbonyl (C=O) groups excluding carboxylic acids is 1. The summed E-state index contributed by atoms with van der Waals surface area (Å²) in [6.07, 6.45) is 20.4. The molecule has 34 heavy (non-hydrogen) atoms. The van der Waals surface area contributed by atoms with Crippen molar-refractivity contribution < 1.29 is 4.79 Å². The molecule has 5 rings (SSSR count). The average molecular weight is 470 g/mol. The standard InChI is InChI=1S/C15H22N2O.C9H17N.C6H12/c1-12-8-10-17(11-9-12)14-6-4-13(5-7-14)15(18)16(2)3;1-2-7-10(8-3-1)9-5-4-6-9;1-2-4-6-5-3-1/h4-7,12H,8-11H2,1-3H3;9H,1-8H2;1-6H2. The number of benzene rings is 1. The largest absolute Gasteiger partial charge is 0.372 e. The van der Waals surface area contributed by atoms with Crippen molar-refractivity contribution in [3.8, 4) is 0 Å². The zero-order chi connectivity index (χ0) is 24.2. The van der Waals surface area contributed by atoms with Crippen LogP contribution in [-0.2, 0) is 0 Å². The van der Waals surface area contributed by atoms with Gasteiger partial charge in [0.25, 0.3) is 5.91 Å². The minimum atomic E-state index is 0.0637. The number of nitrogens with zero attached hydrogens (tertiary/aromatic N) is 3. The fourth-order valence-electron chi connectivity index (χ4n) is 5.44. The third-order valence-electron chi connectivity index (χ3n) is 8.15.